The third kappa shape index (κ3) is 4.52. The molecule has 150 valence electrons. The maximum absolute atomic E-state index is 12.0. The lowest BCUT2D eigenvalue weighted by Gasteiger charge is -2.40. The van der Waals surface area contributed by atoms with Crippen LogP contribution in [0.2, 0.25) is 0 Å². The van der Waals surface area contributed by atoms with Crippen molar-refractivity contribution in [3.63, 3.8) is 0 Å². The summed E-state index contributed by atoms with van der Waals surface area (Å²) in [5.41, 5.74) is 1.94. The fourth-order valence-electron chi connectivity index (χ4n) is 3.79. The molecule has 0 spiro atoms. The highest BCUT2D eigenvalue weighted by Gasteiger charge is 2.44. The van der Waals surface area contributed by atoms with Crippen LogP contribution in [0, 0.1) is 5.41 Å². The van der Waals surface area contributed by atoms with Gasteiger partial charge in [0.05, 0.1) is 12.7 Å². The van der Waals surface area contributed by atoms with Gasteiger partial charge in [0.2, 0.25) is 0 Å². The fourth-order valence-corrected chi connectivity index (χ4v) is 3.79. The number of carbonyl (C=O) groups is 1. The van der Waals surface area contributed by atoms with Gasteiger partial charge in [-0.15, -0.1) is 0 Å². The third-order valence-corrected chi connectivity index (χ3v) is 5.68. The Morgan fingerprint density at radius 3 is 2.50 bits per heavy atom. The van der Waals surface area contributed by atoms with Crippen LogP contribution in [0.4, 0.5) is 0 Å². The molecule has 26 heavy (non-hydrogen) atoms. The van der Waals surface area contributed by atoms with E-state index < -0.39 is 37.3 Å². The number of aliphatic hydroxyl groups is 4. The number of allylic oxidation sites excluding steroid dienone is 2. The van der Waals surface area contributed by atoms with Gasteiger partial charge in [-0.1, -0.05) is 19.4 Å². The van der Waals surface area contributed by atoms with Crippen LogP contribution < -0.4 is 0 Å². The predicted molar refractivity (Wildman–Crippen MR) is 94.3 cm³/mol. The molecule has 0 aromatic rings. The van der Waals surface area contributed by atoms with Gasteiger partial charge < -0.3 is 29.9 Å². The molecule has 1 saturated heterocycles. The Hall–Kier alpha value is -0.830. The molecule has 2 rings (SSSR count). The number of hydrogen-bond donors (Lipinski definition) is 4. The van der Waals surface area contributed by atoms with Crippen molar-refractivity contribution < 1.29 is 34.7 Å². The minimum atomic E-state index is -1.45. The molecule has 1 aliphatic carbocycles. The molecule has 0 saturated carbocycles. The second-order valence-corrected chi connectivity index (χ2v) is 8.09. The average molecular weight is 372 g/mol. The molecule has 0 amide bonds. The maximum atomic E-state index is 12.0. The van der Waals surface area contributed by atoms with E-state index in [9.17, 15) is 25.2 Å². The van der Waals surface area contributed by atoms with Crippen LogP contribution >= 0.6 is 0 Å². The summed E-state index contributed by atoms with van der Waals surface area (Å²) >= 11 is 0. The van der Waals surface area contributed by atoms with E-state index >= 15 is 0 Å². The van der Waals surface area contributed by atoms with Crippen molar-refractivity contribution in [2.24, 2.45) is 5.41 Å². The number of hydrogen-bond acceptors (Lipinski definition) is 7. The minimum absolute atomic E-state index is 0.0269. The van der Waals surface area contributed by atoms with Crippen LogP contribution in [-0.2, 0) is 14.3 Å². The predicted octanol–water partition coefficient (Wildman–Crippen LogP) is 0.677. The van der Waals surface area contributed by atoms with E-state index in [1.54, 1.807) is 0 Å². The zero-order valence-corrected chi connectivity index (χ0v) is 16.0. The Balaban J connectivity index is 1.97. The molecule has 7 heteroatoms. The Morgan fingerprint density at radius 1 is 1.23 bits per heavy atom. The van der Waals surface area contributed by atoms with Gasteiger partial charge in [0.15, 0.2) is 12.1 Å². The molecule has 1 aliphatic heterocycles. The summed E-state index contributed by atoms with van der Waals surface area (Å²) in [4.78, 5) is 12.0. The molecule has 1 fully saturated rings. The number of ether oxygens (including phenoxy) is 2. The Morgan fingerprint density at radius 2 is 1.88 bits per heavy atom. The van der Waals surface area contributed by atoms with Gasteiger partial charge >= 0.3 is 0 Å². The standard InChI is InChI=1S/C19H32O7/c1-10(5-6-12-11(2)13(21)7-8-19(12,3)4)25-18-17(24)16(23)15(22)14(9-20)26-18/h10,14-18,20,22-24H,5-9H2,1-4H3/t10-,14+,15+,16-,17+,18+/m0/s1. The van der Waals surface area contributed by atoms with Crippen molar-refractivity contribution in [1.82, 2.24) is 0 Å². The molecule has 0 unspecified atom stereocenters. The van der Waals surface area contributed by atoms with Gasteiger partial charge in [0, 0.05) is 6.42 Å². The zero-order valence-electron chi connectivity index (χ0n) is 16.0. The van der Waals surface area contributed by atoms with E-state index in [4.69, 9.17) is 9.47 Å². The molecule has 1 heterocycles. The van der Waals surface area contributed by atoms with E-state index in [0.29, 0.717) is 19.3 Å². The van der Waals surface area contributed by atoms with Crippen molar-refractivity contribution in [2.75, 3.05) is 6.61 Å². The largest absolute Gasteiger partial charge is 0.394 e. The zero-order chi connectivity index (χ0) is 19.6. The Kier molecular flexibility index (Phi) is 6.98. The van der Waals surface area contributed by atoms with Gasteiger partial charge in [-0.05, 0) is 44.1 Å². The van der Waals surface area contributed by atoms with Crippen LogP contribution in [0.3, 0.4) is 0 Å². The first kappa shape index (κ1) is 21.5. The first-order valence-corrected chi connectivity index (χ1v) is 9.28. The Bertz CT molecular complexity index is 540. The number of carbonyl (C=O) groups excluding carboxylic acids is 1. The van der Waals surface area contributed by atoms with Gasteiger partial charge in [-0.25, -0.2) is 0 Å². The molecule has 7 nitrogen and oxygen atoms in total. The Labute approximate surface area is 154 Å². The summed E-state index contributed by atoms with van der Waals surface area (Å²) in [6.07, 6.45) is -3.91. The van der Waals surface area contributed by atoms with Crippen LogP contribution in [0.5, 0.6) is 0 Å². The molecule has 4 N–H and O–H groups in total. The quantitative estimate of drug-likeness (QED) is 0.542. The average Bonchev–Trinajstić information content (AvgIpc) is 2.58. The lowest BCUT2D eigenvalue weighted by atomic mass is 9.70. The molecule has 0 aromatic heterocycles. The lowest BCUT2D eigenvalue weighted by molar-refractivity contribution is -0.310. The number of rotatable bonds is 6. The molecule has 0 aromatic carbocycles. The SMILES string of the molecule is CC1=C(CC[C@H](C)O[C@@H]2O[C@H](CO)[C@@H](O)[C@H](O)[C@H]2O)C(C)(C)CCC1=O. The minimum Gasteiger partial charge on any atom is -0.394 e. The molecule has 2 aliphatic rings. The molecular weight excluding hydrogens is 340 g/mol. The first-order valence-electron chi connectivity index (χ1n) is 9.28. The van der Waals surface area contributed by atoms with Gasteiger partial charge in [-0.2, -0.15) is 0 Å². The topological polar surface area (TPSA) is 116 Å². The van der Waals surface area contributed by atoms with Crippen LogP contribution in [-0.4, -0.2) is 69.6 Å². The van der Waals surface area contributed by atoms with E-state index in [0.717, 1.165) is 17.6 Å². The van der Waals surface area contributed by atoms with E-state index in [1.807, 2.05) is 13.8 Å². The fraction of sp³-hybridized carbons (Fsp3) is 0.842. The highest BCUT2D eigenvalue weighted by atomic mass is 16.7. The summed E-state index contributed by atoms with van der Waals surface area (Å²) in [5.74, 6) is 0.196. The van der Waals surface area contributed by atoms with Crippen LogP contribution in [0.1, 0.15) is 53.4 Å². The highest BCUT2D eigenvalue weighted by molar-refractivity contribution is 5.96. The normalized spacial score (nSPS) is 36.3. The number of ketones is 1. The molecule has 6 atom stereocenters. The highest BCUT2D eigenvalue weighted by Crippen LogP contribution is 2.41. The second kappa shape index (κ2) is 8.46. The lowest BCUT2D eigenvalue weighted by Crippen LogP contribution is -2.59. The summed E-state index contributed by atoms with van der Waals surface area (Å²) in [6.45, 7) is 7.50. The van der Waals surface area contributed by atoms with Gasteiger partial charge in [0.25, 0.3) is 0 Å². The molecular formula is C19H32O7. The number of Topliss-reactive ketones (excluding diaryl/α,β-unsaturated/α-hetero) is 1. The van der Waals surface area contributed by atoms with Crippen molar-refractivity contribution in [3.05, 3.63) is 11.1 Å². The van der Waals surface area contributed by atoms with Crippen LogP contribution in [0.25, 0.3) is 0 Å². The summed E-state index contributed by atoms with van der Waals surface area (Å²) in [7, 11) is 0. The van der Waals surface area contributed by atoms with Crippen molar-refractivity contribution in [1.29, 1.82) is 0 Å². The van der Waals surface area contributed by atoms with E-state index in [-0.39, 0.29) is 17.3 Å². The summed E-state index contributed by atoms with van der Waals surface area (Å²) in [5, 5.41) is 38.9. The first-order chi connectivity index (χ1) is 12.1. The van der Waals surface area contributed by atoms with E-state index in [2.05, 4.69) is 13.8 Å². The second-order valence-electron chi connectivity index (χ2n) is 8.09. The van der Waals surface area contributed by atoms with Crippen LogP contribution in [0.15, 0.2) is 11.1 Å². The monoisotopic (exact) mass is 372 g/mol. The van der Waals surface area contributed by atoms with Crippen molar-refractivity contribution in [2.45, 2.75) is 90.2 Å². The third-order valence-electron chi connectivity index (χ3n) is 5.68. The summed E-state index contributed by atoms with van der Waals surface area (Å²) in [6, 6.07) is 0. The molecule has 0 bridgehead atoms. The summed E-state index contributed by atoms with van der Waals surface area (Å²) < 4.78 is 11.1. The van der Waals surface area contributed by atoms with Gasteiger partial charge in [-0.3, -0.25) is 4.79 Å². The van der Waals surface area contributed by atoms with Crippen molar-refractivity contribution in [3.8, 4) is 0 Å². The number of aliphatic hydroxyl groups excluding tert-OH is 4. The van der Waals surface area contributed by atoms with Crippen molar-refractivity contribution >= 4 is 5.78 Å². The maximum Gasteiger partial charge on any atom is 0.186 e. The van der Waals surface area contributed by atoms with Gasteiger partial charge in [0.1, 0.15) is 24.4 Å². The molecule has 0 radical (unpaired) electrons. The van der Waals surface area contributed by atoms with E-state index in [1.165, 1.54) is 0 Å². The smallest absolute Gasteiger partial charge is 0.186 e.